The number of rotatable bonds is 0. The van der Waals surface area contributed by atoms with Crippen LogP contribution in [0.25, 0.3) is 0 Å². The first-order valence-corrected chi connectivity index (χ1v) is 3.73. The van der Waals surface area contributed by atoms with E-state index in [1.165, 1.54) is 0 Å². The maximum Gasteiger partial charge on any atom is 0.348 e. The van der Waals surface area contributed by atoms with Crippen molar-refractivity contribution in [3.05, 3.63) is 34.1 Å². The van der Waals surface area contributed by atoms with E-state index in [1.54, 1.807) is 0 Å². The van der Waals surface area contributed by atoms with Crippen molar-refractivity contribution in [2.24, 2.45) is 0 Å². The molecule has 1 aromatic carbocycles. The third-order valence-electron chi connectivity index (χ3n) is 1.66. The molecular formula is C8H2ClFO3. The lowest BCUT2D eigenvalue weighted by atomic mass is 10.1. The smallest absolute Gasteiger partial charge is 0.348 e. The molecular weight excluding hydrogens is 199 g/mol. The largest absolute Gasteiger partial charge is 0.386 e. The SMILES string of the molecule is O=C1OC(=O)c2c(Cl)cc(F)cc21. The molecule has 0 spiro atoms. The van der Waals surface area contributed by atoms with Crippen molar-refractivity contribution in [1.29, 1.82) is 0 Å². The number of cyclic esters (lactones) is 2. The van der Waals surface area contributed by atoms with E-state index in [1.807, 2.05) is 0 Å². The zero-order chi connectivity index (χ0) is 9.59. The van der Waals surface area contributed by atoms with Crippen molar-refractivity contribution >= 4 is 23.5 Å². The number of halogens is 2. The summed E-state index contributed by atoms with van der Waals surface area (Å²) in [6, 6.07) is 1.88. The van der Waals surface area contributed by atoms with Gasteiger partial charge < -0.3 is 4.74 Å². The van der Waals surface area contributed by atoms with Crippen molar-refractivity contribution in [2.45, 2.75) is 0 Å². The number of hydrogen-bond acceptors (Lipinski definition) is 3. The number of carbonyl (C=O) groups excluding carboxylic acids is 2. The first-order chi connectivity index (χ1) is 6.09. The van der Waals surface area contributed by atoms with Crippen molar-refractivity contribution in [2.75, 3.05) is 0 Å². The zero-order valence-electron chi connectivity index (χ0n) is 6.14. The van der Waals surface area contributed by atoms with E-state index in [4.69, 9.17) is 11.6 Å². The summed E-state index contributed by atoms with van der Waals surface area (Å²) < 4.78 is 17.0. The van der Waals surface area contributed by atoms with Crippen LogP contribution < -0.4 is 0 Å². The van der Waals surface area contributed by atoms with Crippen molar-refractivity contribution in [3.8, 4) is 0 Å². The third kappa shape index (κ3) is 1.10. The fourth-order valence-electron chi connectivity index (χ4n) is 1.13. The van der Waals surface area contributed by atoms with Crippen LogP contribution in [0.2, 0.25) is 5.02 Å². The van der Waals surface area contributed by atoms with Crippen molar-refractivity contribution in [3.63, 3.8) is 0 Å². The summed E-state index contributed by atoms with van der Waals surface area (Å²) in [6.45, 7) is 0. The van der Waals surface area contributed by atoms with Crippen molar-refractivity contribution < 1.29 is 18.7 Å². The Morgan fingerprint density at radius 1 is 1.23 bits per heavy atom. The quantitative estimate of drug-likeness (QED) is 0.474. The Hall–Kier alpha value is -1.42. The molecule has 66 valence electrons. The van der Waals surface area contributed by atoms with Gasteiger partial charge in [-0.05, 0) is 12.1 Å². The van der Waals surface area contributed by atoms with Gasteiger partial charge >= 0.3 is 11.9 Å². The Bertz CT molecular complexity index is 428. The molecule has 0 saturated carbocycles. The van der Waals surface area contributed by atoms with Crippen LogP contribution in [0.4, 0.5) is 4.39 Å². The molecule has 5 heteroatoms. The average molecular weight is 201 g/mol. The number of hydrogen-bond donors (Lipinski definition) is 0. The van der Waals surface area contributed by atoms with E-state index >= 15 is 0 Å². The van der Waals surface area contributed by atoms with E-state index in [2.05, 4.69) is 4.74 Å². The minimum atomic E-state index is -0.860. The lowest BCUT2D eigenvalue weighted by Gasteiger charge is -1.95. The Morgan fingerprint density at radius 2 is 1.92 bits per heavy atom. The first kappa shape index (κ1) is 8.19. The van der Waals surface area contributed by atoms with Crippen LogP contribution in [0.3, 0.4) is 0 Å². The maximum absolute atomic E-state index is 12.7. The molecule has 1 aromatic rings. The van der Waals surface area contributed by atoms with Crippen molar-refractivity contribution in [1.82, 2.24) is 0 Å². The minimum Gasteiger partial charge on any atom is -0.386 e. The van der Waals surface area contributed by atoms with Crippen LogP contribution in [0, 0.1) is 5.82 Å². The minimum absolute atomic E-state index is 0.0620. The predicted molar refractivity (Wildman–Crippen MR) is 41.2 cm³/mol. The van der Waals surface area contributed by atoms with Gasteiger partial charge in [0.15, 0.2) is 0 Å². The Balaban J connectivity index is 2.77. The molecule has 0 bridgehead atoms. The number of fused-ring (bicyclic) bond motifs is 1. The molecule has 1 aliphatic rings. The molecule has 0 atom stereocenters. The molecule has 1 aliphatic heterocycles. The maximum atomic E-state index is 12.7. The van der Waals surface area contributed by atoms with Gasteiger partial charge in [-0.1, -0.05) is 11.6 Å². The molecule has 13 heavy (non-hydrogen) atoms. The molecule has 0 radical (unpaired) electrons. The number of ether oxygens (including phenoxy) is 1. The predicted octanol–water partition coefficient (Wildman–Crippen LogP) is 1.79. The number of carbonyl (C=O) groups is 2. The molecule has 0 saturated heterocycles. The number of esters is 2. The first-order valence-electron chi connectivity index (χ1n) is 3.35. The summed E-state index contributed by atoms with van der Waals surface area (Å²) in [5.41, 5.74) is -0.178. The molecule has 0 aromatic heterocycles. The molecule has 0 aliphatic carbocycles. The second-order valence-electron chi connectivity index (χ2n) is 2.49. The molecule has 0 unspecified atom stereocenters. The van der Waals surface area contributed by atoms with E-state index < -0.39 is 17.8 Å². The van der Waals surface area contributed by atoms with E-state index in [0.29, 0.717) is 0 Å². The highest BCUT2D eigenvalue weighted by Crippen LogP contribution is 2.28. The average Bonchev–Trinajstić information content (AvgIpc) is 2.27. The molecule has 1 heterocycles. The van der Waals surface area contributed by atoms with Gasteiger partial charge in [0.05, 0.1) is 16.1 Å². The summed E-state index contributed by atoms with van der Waals surface area (Å²) in [5, 5.41) is -0.106. The Labute approximate surface area is 77.1 Å². The fraction of sp³-hybridized carbons (Fsp3) is 0. The summed E-state index contributed by atoms with van der Waals surface area (Å²) in [4.78, 5) is 21.9. The normalized spacial score (nSPS) is 14.3. The van der Waals surface area contributed by atoms with Crippen LogP contribution in [-0.4, -0.2) is 11.9 Å². The van der Waals surface area contributed by atoms with Gasteiger partial charge in [0.25, 0.3) is 0 Å². The van der Waals surface area contributed by atoms with Gasteiger partial charge in [0.2, 0.25) is 0 Å². The van der Waals surface area contributed by atoms with Gasteiger partial charge in [0.1, 0.15) is 5.82 Å². The van der Waals surface area contributed by atoms with Crippen LogP contribution in [-0.2, 0) is 4.74 Å². The van der Waals surface area contributed by atoms with Crippen LogP contribution >= 0.6 is 11.6 Å². The molecule has 3 nitrogen and oxygen atoms in total. The van der Waals surface area contributed by atoms with E-state index in [-0.39, 0.29) is 16.1 Å². The van der Waals surface area contributed by atoms with E-state index in [0.717, 1.165) is 12.1 Å². The highest BCUT2D eigenvalue weighted by atomic mass is 35.5. The number of benzene rings is 1. The second-order valence-corrected chi connectivity index (χ2v) is 2.89. The Morgan fingerprint density at radius 3 is 2.62 bits per heavy atom. The Kier molecular flexibility index (Phi) is 1.60. The van der Waals surface area contributed by atoms with Gasteiger partial charge in [-0.3, -0.25) is 0 Å². The third-order valence-corrected chi connectivity index (χ3v) is 1.96. The summed E-state index contributed by atoms with van der Waals surface area (Å²) in [7, 11) is 0. The summed E-state index contributed by atoms with van der Waals surface area (Å²) in [6.07, 6.45) is 0. The van der Waals surface area contributed by atoms with E-state index in [9.17, 15) is 14.0 Å². The molecule has 2 rings (SSSR count). The van der Waals surface area contributed by atoms with Gasteiger partial charge in [0, 0.05) is 0 Å². The van der Waals surface area contributed by atoms with Crippen LogP contribution in [0.1, 0.15) is 20.7 Å². The lowest BCUT2D eigenvalue weighted by Crippen LogP contribution is -1.97. The van der Waals surface area contributed by atoms with Crippen LogP contribution in [0.15, 0.2) is 12.1 Å². The fourth-order valence-corrected chi connectivity index (χ4v) is 1.42. The second kappa shape index (κ2) is 2.53. The summed E-state index contributed by atoms with van der Waals surface area (Å²) in [5.74, 6) is -2.36. The summed E-state index contributed by atoms with van der Waals surface area (Å²) >= 11 is 5.54. The van der Waals surface area contributed by atoms with Gasteiger partial charge in [-0.15, -0.1) is 0 Å². The standard InChI is InChI=1S/C8H2ClFO3/c9-5-2-3(10)1-4-6(5)8(12)13-7(4)11/h1-2H. The topological polar surface area (TPSA) is 43.4 Å². The molecule has 0 amide bonds. The molecule has 0 N–H and O–H groups in total. The van der Waals surface area contributed by atoms with Gasteiger partial charge in [-0.25, -0.2) is 14.0 Å². The zero-order valence-corrected chi connectivity index (χ0v) is 6.89. The lowest BCUT2D eigenvalue weighted by molar-refractivity contribution is 0.0444. The highest BCUT2D eigenvalue weighted by Gasteiger charge is 2.32. The van der Waals surface area contributed by atoms with Crippen LogP contribution in [0.5, 0.6) is 0 Å². The monoisotopic (exact) mass is 200 g/mol. The highest BCUT2D eigenvalue weighted by molar-refractivity contribution is 6.35. The van der Waals surface area contributed by atoms with Gasteiger partial charge in [-0.2, -0.15) is 0 Å². The molecule has 0 fully saturated rings.